The first-order valence-electron chi connectivity index (χ1n) is 6.88. The number of aromatic nitrogens is 2. The Kier molecular flexibility index (Phi) is 3.80. The zero-order valence-electron chi connectivity index (χ0n) is 11.8. The van der Waals surface area contributed by atoms with E-state index >= 15 is 0 Å². The number of hydrogen-bond acceptors (Lipinski definition) is 2. The van der Waals surface area contributed by atoms with E-state index in [1.807, 2.05) is 35.1 Å². The van der Waals surface area contributed by atoms with Crippen molar-refractivity contribution in [2.75, 3.05) is 5.73 Å². The van der Waals surface area contributed by atoms with Crippen LogP contribution in [-0.2, 0) is 6.42 Å². The summed E-state index contributed by atoms with van der Waals surface area (Å²) in [6.45, 7) is 2.14. The quantitative estimate of drug-likeness (QED) is 0.764. The molecule has 0 saturated carbocycles. The third-order valence-corrected chi connectivity index (χ3v) is 4.00. The molecule has 0 aliphatic rings. The van der Waals surface area contributed by atoms with E-state index < -0.39 is 0 Å². The van der Waals surface area contributed by atoms with Crippen molar-refractivity contribution in [2.45, 2.75) is 13.3 Å². The third kappa shape index (κ3) is 2.85. The van der Waals surface area contributed by atoms with Gasteiger partial charge in [0.15, 0.2) is 0 Å². The molecule has 0 spiro atoms. The first-order valence-corrected chi connectivity index (χ1v) is 7.67. The average Bonchev–Trinajstić information content (AvgIpc) is 2.90. The van der Waals surface area contributed by atoms with Gasteiger partial charge in [-0.2, -0.15) is 5.10 Å². The first kappa shape index (κ1) is 13.9. The van der Waals surface area contributed by atoms with Gasteiger partial charge in [0, 0.05) is 10.0 Å². The minimum Gasteiger partial charge on any atom is -0.396 e. The van der Waals surface area contributed by atoms with Gasteiger partial charge in [0.05, 0.1) is 17.6 Å². The lowest BCUT2D eigenvalue weighted by Crippen LogP contribution is -1.94. The van der Waals surface area contributed by atoms with Crippen LogP contribution in [0.4, 0.5) is 5.69 Å². The molecule has 106 valence electrons. The van der Waals surface area contributed by atoms with Gasteiger partial charge >= 0.3 is 0 Å². The molecule has 0 amide bonds. The molecule has 3 nitrogen and oxygen atoms in total. The largest absolute Gasteiger partial charge is 0.396 e. The number of benzene rings is 2. The van der Waals surface area contributed by atoms with E-state index in [1.165, 1.54) is 5.56 Å². The van der Waals surface area contributed by atoms with Crippen LogP contribution >= 0.6 is 15.9 Å². The smallest absolute Gasteiger partial charge is 0.116 e. The Morgan fingerprint density at radius 2 is 1.71 bits per heavy atom. The molecule has 0 saturated heterocycles. The van der Waals surface area contributed by atoms with Crippen molar-refractivity contribution in [1.82, 2.24) is 9.78 Å². The van der Waals surface area contributed by atoms with Crippen LogP contribution < -0.4 is 5.73 Å². The van der Waals surface area contributed by atoms with Crippen molar-refractivity contribution in [3.8, 4) is 16.9 Å². The van der Waals surface area contributed by atoms with Crippen LogP contribution in [0.5, 0.6) is 0 Å². The maximum atomic E-state index is 6.12. The fourth-order valence-electron chi connectivity index (χ4n) is 2.24. The Morgan fingerprint density at radius 1 is 1.05 bits per heavy atom. The summed E-state index contributed by atoms with van der Waals surface area (Å²) in [5.41, 5.74) is 11.0. The molecule has 21 heavy (non-hydrogen) atoms. The second kappa shape index (κ2) is 5.74. The third-order valence-electron chi connectivity index (χ3n) is 3.47. The Hall–Kier alpha value is -2.07. The normalized spacial score (nSPS) is 10.8. The van der Waals surface area contributed by atoms with Gasteiger partial charge in [-0.25, -0.2) is 4.68 Å². The van der Waals surface area contributed by atoms with Crippen LogP contribution in [0, 0.1) is 0 Å². The van der Waals surface area contributed by atoms with Gasteiger partial charge in [-0.3, -0.25) is 0 Å². The molecule has 1 aromatic heterocycles. The van der Waals surface area contributed by atoms with Gasteiger partial charge in [0.2, 0.25) is 0 Å². The topological polar surface area (TPSA) is 43.8 Å². The summed E-state index contributed by atoms with van der Waals surface area (Å²) in [5, 5.41) is 4.61. The summed E-state index contributed by atoms with van der Waals surface area (Å²) in [6, 6.07) is 16.4. The van der Waals surface area contributed by atoms with Crippen LogP contribution in [0.2, 0.25) is 0 Å². The van der Waals surface area contributed by atoms with Crippen molar-refractivity contribution in [3.05, 3.63) is 64.8 Å². The molecule has 0 bridgehead atoms. The van der Waals surface area contributed by atoms with E-state index in [0.29, 0.717) is 5.69 Å². The van der Waals surface area contributed by atoms with Crippen molar-refractivity contribution in [2.24, 2.45) is 0 Å². The fraction of sp³-hybridized carbons (Fsp3) is 0.118. The lowest BCUT2D eigenvalue weighted by molar-refractivity contribution is 0.884. The highest BCUT2D eigenvalue weighted by molar-refractivity contribution is 9.10. The molecule has 0 unspecified atom stereocenters. The molecule has 1 heterocycles. The first-order chi connectivity index (χ1) is 10.2. The highest BCUT2D eigenvalue weighted by atomic mass is 79.9. The van der Waals surface area contributed by atoms with Gasteiger partial charge in [-0.05, 0) is 36.2 Å². The van der Waals surface area contributed by atoms with Gasteiger partial charge in [-0.15, -0.1) is 0 Å². The van der Waals surface area contributed by atoms with Gasteiger partial charge < -0.3 is 5.73 Å². The van der Waals surface area contributed by atoms with Crippen LogP contribution in [0.15, 0.2) is 59.2 Å². The second-order valence-electron chi connectivity index (χ2n) is 4.90. The molecule has 0 atom stereocenters. The summed E-state index contributed by atoms with van der Waals surface area (Å²) >= 11 is 3.43. The summed E-state index contributed by atoms with van der Waals surface area (Å²) in [6.07, 6.45) is 2.88. The molecular weight excluding hydrogens is 326 g/mol. The van der Waals surface area contributed by atoms with Crippen molar-refractivity contribution in [1.29, 1.82) is 0 Å². The lowest BCUT2D eigenvalue weighted by Gasteiger charge is -2.02. The van der Waals surface area contributed by atoms with Crippen LogP contribution in [0.3, 0.4) is 0 Å². The minimum absolute atomic E-state index is 0.683. The molecule has 2 aromatic carbocycles. The van der Waals surface area contributed by atoms with Crippen molar-refractivity contribution in [3.63, 3.8) is 0 Å². The number of rotatable bonds is 3. The highest BCUT2D eigenvalue weighted by Crippen LogP contribution is 2.26. The van der Waals surface area contributed by atoms with Crippen LogP contribution in [0.1, 0.15) is 12.5 Å². The van der Waals surface area contributed by atoms with Gasteiger partial charge in [-0.1, -0.05) is 47.1 Å². The Morgan fingerprint density at radius 3 is 2.33 bits per heavy atom. The predicted octanol–water partition coefficient (Wildman–Crippen LogP) is 4.45. The van der Waals surface area contributed by atoms with Crippen molar-refractivity contribution < 1.29 is 0 Å². The maximum absolute atomic E-state index is 6.12. The number of nitrogens with two attached hydrogens (primary N) is 1. The molecule has 4 heteroatoms. The summed E-state index contributed by atoms with van der Waals surface area (Å²) < 4.78 is 2.85. The summed E-state index contributed by atoms with van der Waals surface area (Å²) in [4.78, 5) is 0. The molecule has 0 fully saturated rings. The maximum Gasteiger partial charge on any atom is 0.116 e. The number of halogens is 1. The van der Waals surface area contributed by atoms with E-state index in [0.717, 1.165) is 27.8 Å². The molecule has 0 radical (unpaired) electrons. The van der Waals surface area contributed by atoms with E-state index in [2.05, 4.69) is 52.2 Å². The number of nitrogens with zero attached hydrogens (tertiary/aromatic N) is 2. The van der Waals surface area contributed by atoms with E-state index in [4.69, 9.17) is 5.73 Å². The molecule has 3 rings (SSSR count). The molecular formula is C17H16BrN3. The molecule has 0 aliphatic heterocycles. The standard InChI is InChI=1S/C17H16BrN3/c1-2-12-3-5-13(6-4-12)17-16(19)11-21(20-17)15-9-7-14(18)8-10-15/h3-11H,2,19H2,1H3. The van der Waals surface area contributed by atoms with Gasteiger partial charge in [0.1, 0.15) is 5.69 Å². The van der Waals surface area contributed by atoms with Gasteiger partial charge in [0.25, 0.3) is 0 Å². The van der Waals surface area contributed by atoms with E-state index in [9.17, 15) is 0 Å². The Labute approximate surface area is 132 Å². The zero-order valence-corrected chi connectivity index (χ0v) is 13.3. The lowest BCUT2D eigenvalue weighted by atomic mass is 10.1. The second-order valence-corrected chi connectivity index (χ2v) is 5.82. The number of anilines is 1. The Bertz CT molecular complexity index is 743. The average molecular weight is 342 g/mol. The molecule has 3 aromatic rings. The number of aryl methyl sites for hydroxylation is 1. The molecule has 0 aliphatic carbocycles. The van der Waals surface area contributed by atoms with Crippen molar-refractivity contribution >= 4 is 21.6 Å². The fourth-order valence-corrected chi connectivity index (χ4v) is 2.50. The molecule has 2 N–H and O–H groups in total. The number of nitrogen functional groups attached to an aromatic ring is 1. The Balaban J connectivity index is 1.98. The number of hydrogen-bond donors (Lipinski definition) is 1. The summed E-state index contributed by atoms with van der Waals surface area (Å²) in [5.74, 6) is 0. The van der Waals surface area contributed by atoms with Crippen LogP contribution in [0.25, 0.3) is 16.9 Å². The van der Waals surface area contributed by atoms with Crippen LogP contribution in [-0.4, -0.2) is 9.78 Å². The monoisotopic (exact) mass is 341 g/mol. The van der Waals surface area contributed by atoms with E-state index in [-0.39, 0.29) is 0 Å². The predicted molar refractivity (Wildman–Crippen MR) is 90.5 cm³/mol. The zero-order chi connectivity index (χ0) is 14.8. The minimum atomic E-state index is 0.683. The SMILES string of the molecule is CCc1ccc(-c2nn(-c3ccc(Br)cc3)cc2N)cc1. The van der Waals surface area contributed by atoms with E-state index in [1.54, 1.807) is 0 Å². The summed E-state index contributed by atoms with van der Waals surface area (Å²) in [7, 11) is 0. The highest BCUT2D eigenvalue weighted by Gasteiger charge is 2.09.